The van der Waals surface area contributed by atoms with Crippen molar-refractivity contribution in [1.29, 1.82) is 0 Å². The van der Waals surface area contributed by atoms with Crippen LogP contribution in [0.1, 0.15) is 25.3 Å². The summed E-state index contributed by atoms with van der Waals surface area (Å²) in [5.41, 5.74) is 4.83. The number of rotatable bonds is 2. The molecule has 3 rings (SSSR count). The minimum atomic E-state index is 0.127. The Bertz CT molecular complexity index is 577. The summed E-state index contributed by atoms with van der Waals surface area (Å²) in [6, 6.07) is 10.4. The topological polar surface area (TPSA) is 24.4 Å². The van der Waals surface area contributed by atoms with Gasteiger partial charge in [-0.15, -0.1) is 0 Å². The van der Waals surface area contributed by atoms with Gasteiger partial charge in [-0.3, -0.25) is 4.99 Å². The van der Waals surface area contributed by atoms with Crippen LogP contribution >= 0.6 is 0 Å². The minimum absolute atomic E-state index is 0.127. The fourth-order valence-electron chi connectivity index (χ4n) is 2.46. The molecule has 0 fully saturated rings. The van der Waals surface area contributed by atoms with E-state index in [0.29, 0.717) is 0 Å². The van der Waals surface area contributed by atoms with Crippen LogP contribution in [0.4, 0.5) is 0 Å². The molecule has 1 aliphatic heterocycles. The lowest BCUT2D eigenvalue weighted by Gasteiger charge is -2.23. The summed E-state index contributed by atoms with van der Waals surface area (Å²) < 4.78 is 0. The molecular formula is C17H18N2. The maximum atomic E-state index is 4.71. The van der Waals surface area contributed by atoms with Gasteiger partial charge in [-0.2, -0.15) is 0 Å². The van der Waals surface area contributed by atoms with Gasteiger partial charge in [0.1, 0.15) is 6.17 Å². The minimum Gasteiger partial charge on any atom is -0.363 e. The number of allylic oxidation sites excluding steroid dienone is 5. The third kappa shape index (κ3) is 2.68. The molecule has 1 atom stereocenters. The summed E-state index contributed by atoms with van der Waals surface area (Å²) >= 11 is 0. The average molecular weight is 250 g/mol. The smallest absolute Gasteiger partial charge is 0.116 e. The molecule has 1 unspecified atom stereocenters. The predicted molar refractivity (Wildman–Crippen MR) is 80.9 cm³/mol. The lowest BCUT2D eigenvalue weighted by molar-refractivity contribution is 0.679. The summed E-state index contributed by atoms with van der Waals surface area (Å²) in [6.07, 6.45) is 11.0. The number of nitrogens with one attached hydrogen (secondary N) is 1. The number of hydrogen-bond acceptors (Lipinski definition) is 2. The quantitative estimate of drug-likeness (QED) is 0.850. The third-order valence-corrected chi connectivity index (χ3v) is 3.41. The van der Waals surface area contributed by atoms with Gasteiger partial charge in [-0.1, -0.05) is 48.6 Å². The average Bonchev–Trinajstić information content (AvgIpc) is 2.48. The van der Waals surface area contributed by atoms with E-state index in [9.17, 15) is 0 Å². The Hall–Kier alpha value is -2.09. The first-order valence-corrected chi connectivity index (χ1v) is 6.80. The third-order valence-electron chi connectivity index (χ3n) is 3.41. The molecule has 96 valence electrons. The number of hydrogen-bond donors (Lipinski definition) is 1. The number of aliphatic imine (C=N–C) groups is 1. The molecular weight excluding hydrogens is 232 g/mol. The zero-order valence-electron chi connectivity index (χ0n) is 11.1. The van der Waals surface area contributed by atoms with E-state index in [0.717, 1.165) is 24.3 Å². The van der Waals surface area contributed by atoms with E-state index in [1.807, 2.05) is 6.07 Å². The van der Waals surface area contributed by atoms with E-state index >= 15 is 0 Å². The normalized spacial score (nSPS) is 22.2. The van der Waals surface area contributed by atoms with Gasteiger partial charge >= 0.3 is 0 Å². The Balaban J connectivity index is 1.95. The van der Waals surface area contributed by atoms with E-state index in [4.69, 9.17) is 4.99 Å². The van der Waals surface area contributed by atoms with Crippen LogP contribution in [0.3, 0.4) is 0 Å². The molecule has 1 aromatic carbocycles. The van der Waals surface area contributed by atoms with E-state index in [2.05, 4.69) is 60.8 Å². The van der Waals surface area contributed by atoms with Crippen molar-refractivity contribution in [3.05, 3.63) is 65.8 Å². The summed E-state index contributed by atoms with van der Waals surface area (Å²) in [7, 11) is 0. The molecule has 0 saturated heterocycles. The van der Waals surface area contributed by atoms with Crippen molar-refractivity contribution >= 4 is 11.4 Å². The molecule has 2 aliphatic rings. The van der Waals surface area contributed by atoms with Crippen molar-refractivity contribution < 1.29 is 0 Å². The highest BCUT2D eigenvalue weighted by Crippen LogP contribution is 2.21. The molecule has 19 heavy (non-hydrogen) atoms. The monoisotopic (exact) mass is 250 g/mol. The molecule has 0 spiro atoms. The first-order valence-electron chi connectivity index (χ1n) is 6.80. The van der Waals surface area contributed by atoms with Crippen molar-refractivity contribution in [2.24, 2.45) is 4.99 Å². The van der Waals surface area contributed by atoms with Gasteiger partial charge in [0.15, 0.2) is 0 Å². The lowest BCUT2D eigenvalue weighted by Crippen LogP contribution is -2.28. The molecule has 1 aromatic rings. The van der Waals surface area contributed by atoms with Crippen LogP contribution in [-0.2, 0) is 0 Å². The summed E-state index contributed by atoms with van der Waals surface area (Å²) in [6.45, 7) is 2.09. The van der Waals surface area contributed by atoms with Crippen LogP contribution < -0.4 is 5.32 Å². The molecule has 0 amide bonds. The Morgan fingerprint density at radius 1 is 1.21 bits per heavy atom. The molecule has 1 aliphatic carbocycles. The van der Waals surface area contributed by atoms with E-state index in [1.165, 1.54) is 11.1 Å². The lowest BCUT2D eigenvalue weighted by atomic mass is 9.97. The molecule has 2 nitrogen and oxygen atoms in total. The zero-order chi connectivity index (χ0) is 13.1. The zero-order valence-corrected chi connectivity index (χ0v) is 11.1. The first-order chi connectivity index (χ1) is 9.33. The van der Waals surface area contributed by atoms with Crippen molar-refractivity contribution in [2.45, 2.75) is 25.9 Å². The highest BCUT2D eigenvalue weighted by Gasteiger charge is 2.15. The number of benzene rings is 1. The van der Waals surface area contributed by atoms with E-state index in [-0.39, 0.29) is 6.17 Å². The van der Waals surface area contributed by atoms with Gasteiger partial charge in [0, 0.05) is 5.70 Å². The molecule has 2 heteroatoms. The summed E-state index contributed by atoms with van der Waals surface area (Å²) in [5, 5.41) is 3.43. The van der Waals surface area contributed by atoms with Crippen LogP contribution in [0.15, 0.2) is 65.2 Å². The summed E-state index contributed by atoms with van der Waals surface area (Å²) in [5.74, 6) is 0. The second-order valence-corrected chi connectivity index (χ2v) is 4.92. The van der Waals surface area contributed by atoms with E-state index < -0.39 is 0 Å². The maximum Gasteiger partial charge on any atom is 0.116 e. The molecule has 1 heterocycles. The maximum absolute atomic E-state index is 4.71. The van der Waals surface area contributed by atoms with Crippen molar-refractivity contribution in [1.82, 2.24) is 5.32 Å². The highest BCUT2D eigenvalue weighted by atomic mass is 15.1. The molecule has 1 N–H and O–H groups in total. The first kappa shape index (κ1) is 12.0. The Morgan fingerprint density at radius 2 is 2.05 bits per heavy atom. The van der Waals surface area contributed by atoms with Gasteiger partial charge in [0.2, 0.25) is 0 Å². The largest absolute Gasteiger partial charge is 0.363 e. The predicted octanol–water partition coefficient (Wildman–Crippen LogP) is 3.69. The molecule has 0 saturated carbocycles. The van der Waals surface area contributed by atoms with Crippen LogP contribution in [0.5, 0.6) is 0 Å². The van der Waals surface area contributed by atoms with Gasteiger partial charge in [0.25, 0.3) is 0 Å². The van der Waals surface area contributed by atoms with Gasteiger partial charge < -0.3 is 5.32 Å². The Kier molecular flexibility index (Phi) is 3.32. The van der Waals surface area contributed by atoms with E-state index in [1.54, 1.807) is 0 Å². The van der Waals surface area contributed by atoms with Gasteiger partial charge in [-0.25, -0.2) is 0 Å². The fraction of sp³-hybridized carbons (Fsp3) is 0.235. The van der Waals surface area contributed by atoms with Crippen molar-refractivity contribution in [2.75, 3.05) is 0 Å². The highest BCUT2D eigenvalue weighted by molar-refractivity contribution is 6.12. The standard InChI is InChI=1S/C17H18N2/c1-13-18-16(14-8-4-2-5-9-14)12-17(19-13)15-10-6-3-7-11-15/h2-6,8-10,12-13,18H,7,11H2,1H3. The van der Waals surface area contributed by atoms with Crippen molar-refractivity contribution in [3.63, 3.8) is 0 Å². The summed E-state index contributed by atoms with van der Waals surface area (Å²) in [4.78, 5) is 4.71. The molecule has 0 bridgehead atoms. The van der Waals surface area contributed by atoms with Crippen LogP contribution in [-0.4, -0.2) is 11.9 Å². The van der Waals surface area contributed by atoms with Gasteiger partial charge in [0.05, 0.1) is 5.71 Å². The Labute approximate surface area is 114 Å². The van der Waals surface area contributed by atoms with Crippen LogP contribution in [0, 0.1) is 0 Å². The van der Waals surface area contributed by atoms with Crippen LogP contribution in [0.25, 0.3) is 5.70 Å². The van der Waals surface area contributed by atoms with Crippen molar-refractivity contribution in [3.8, 4) is 0 Å². The van der Waals surface area contributed by atoms with Gasteiger partial charge in [-0.05, 0) is 37.0 Å². The molecule has 0 radical (unpaired) electrons. The van der Waals surface area contributed by atoms with Crippen LogP contribution in [0.2, 0.25) is 0 Å². The second kappa shape index (κ2) is 5.27. The number of nitrogens with zero attached hydrogens (tertiary/aromatic N) is 1. The molecule has 0 aromatic heterocycles. The fourth-order valence-corrected chi connectivity index (χ4v) is 2.46. The Morgan fingerprint density at radius 3 is 2.79 bits per heavy atom. The SMILES string of the molecule is CC1N=C(C2=CC=CCC2)C=C(c2ccccc2)N1. The second-order valence-electron chi connectivity index (χ2n) is 4.92.